The average Bonchev–Trinajstić information content (AvgIpc) is 3.64. The number of aromatic nitrogens is 3. The molecule has 0 radical (unpaired) electrons. The van der Waals surface area contributed by atoms with Crippen molar-refractivity contribution in [1.82, 2.24) is 20.3 Å². The van der Waals surface area contributed by atoms with Crippen LogP contribution in [0.1, 0.15) is 62.2 Å². The SMILES string of the molecule is CCN1CCCCC1c1cc(OC)c(S(=O)(=O)Nc2noc3cc(Nc4cc(C5CC5)[nH]n4)c(OC)cc23)c(OC)c1. The lowest BCUT2D eigenvalue weighted by atomic mass is 9.95. The van der Waals surface area contributed by atoms with Gasteiger partial charge in [-0.15, -0.1) is 0 Å². The number of likely N-dealkylation sites (tertiary alicyclic amines) is 1. The minimum atomic E-state index is -4.21. The normalized spacial score (nSPS) is 17.8. The summed E-state index contributed by atoms with van der Waals surface area (Å²) in [6, 6.07) is 9.09. The van der Waals surface area contributed by atoms with E-state index < -0.39 is 10.0 Å². The molecule has 2 aromatic carbocycles. The fourth-order valence-electron chi connectivity index (χ4n) is 5.73. The highest BCUT2D eigenvalue weighted by atomic mass is 32.2. The van der Waals surface area contributed by atoms with E-state index in [1.165, 1.54) is 21.3 Å². The second-order valence-electron chi connectivity index (χ2n) is 10.7. The number of benzene rings is 2. The molecule has 1 unspecified atom stereocenters. The molecule has 6 rings (SSSR count). The number of nitrogens with one attached hydrogen (secondary N) is 3. The van der Waals surface area contributed by atoms with E-state index in [-0.39, 0.29) is 28.3 Å². The molecule has 3 heterocycles. The first-order valence-electron chi connectivity index (χ1n) is 14.2. The minimum absolute atomic E-state index is 0.0169. The molecule has 1 aliphatic heterocycles. The van der Waals surface area contributed by atoms with Crippen LogP contribution < -0.4 is 24.2 Å². The number of hydrogen-bond donors (Lipinski definition) is 3. The molecule has 2 aromatic heterocycles. The van der Waals surface area contributed by atoms with Crippen molar-refractivity contribution in [2.24, 2.45) is 0 Å². The van der Waals surface area contributed by atoms with E-state index in [4.69, 9.17) is 18.7 Å². The largest absolute Gasteiger partial charge is 0.495 e. The minimum Gasteiger partial charge on any atom is -0.495 e. The van der Waals surface area contributed by atoms with Crippen LogP contribution in [0, 0.1) is 0 Å². The Hall–Kier alpha value is -3.97. The number of hydrogen-bond acceptors (Lipinski definition) is 10. The predicted octanol–water partition coefficient (Wildman–Crippen LogP) is 5.55. The zero-order chi connectivity index (χ0) is 29.4. The summed E-state index contributed by atoms with van der Waals surface area (Å²) in [5, 5.41) is 15.1. The van der Waals surface area contributed by atoms with Crippen molar-refractivity contribution in [3.63, 3.8) is 0 Å². The van der Waals surface area contributed by atoms with E-state index in [0.717, 1.165) is 56.5 Å². The Bertz CT molecular complexity index is 1670. The number of H-pyrrole nitrogens is 1. The monoisotopic (exact) mass is 596 g/mol. The van der Waals surface area contributed by atoms with Crippen molar-refractivity contribution in [1.29, 1.82) is 0 Å². The summed E-state index contributed by atoms with van der Waals surface area (Å²) in [6.07, 6.45) is 5.56. The van der Waals surface area contributed by atoms with Crippen LogP contribution in [0.3, 0.4) is 0 Å². The van der Waals surface area contributed by atoms with E-state index in [0.29, 0.717) is 34.1 Å². The zero-order valence-electron chi connectivity index (χ0n) is 24.2. The molecular weight excluding hydrogens is 560 g/mol. The van der Waals surface area contributed by atoms with Crippen LogP contribution >= 0.6 is 0 Å². The van der Waals surface area contributed by atoms with Gasteiger partial charge in [0.15, 0.2) is 22.1 Å². The number of anilines is 3. The lowest BCUT2D eigenvalue weighted by Gasteiger charge is -2.35. The number of piperidine rings is 1. The van der Waals surface area contributed by atoms with Crippen LogP contribution in [0.5, 0.6) is 17.2 Å². The number of fused-ring (bicyclic) bond motifs is 1. The molecule has 1 aliphatic carbocycles. The first-order valence-corrected chi connectivity index (χ1v) is 15.7. The van der Waals surface area contributed by atoms with Gasteiger partial charge in [0.05, 0.1) is 32.4 Å². The van der Waals surface area contributed by atoms with Gasteiger partial charge in [-0.1, -0.05) is 18.5 Å². The molecular formula is C29H36N6O6S. The third-order valence-electron chi connectivity index (χ3n) is 8.06. The molecule has 4 aromatic rings. The third-order valence-corrected chi connectivity index (χ3v) is 9.46. The average molecular weight is 597 g/mol. The summed E-state index contributed by atoms with van der Waals surface area (Å²) in [7, 11) is 0.228. The summed E-state index contributed by atoms with van der Waals surface area (Å²) in [6.45, 7) is 4.03. The molecule has 1 saturated carbocycles. The maximum Gasteiger partial charge on any atom is 0.270 e. The lowest BCUT2D eigenvalue weighted by Crippen LogP contribution is -2.33. The van der Waals surface area contributed by atoms with Gasteiger partial charge in [-0.05, 0) is 62.5 Å². The molecule has 224 valence electrons. The van der Waals surface area contributed by atoms with Crippen molar-refractivity contribution >= 4 is 38.3 Å². The Labute approximate surface area is 244 Å². The second-order valence-corrected chi connectivity index (χ2v) is 12.3. The van der Waals surface area contributed by atoms with Gasteiger partial charge in [0.2, 0.25) is 0 Å². The van der Waals surface area contributed by atoms with Crippen molar-refractivity contribution in [3.05, 3.63) is 41.6 Å². The Kier molecular flexibility index (Phi) is 7.62. The summed E-state index contributed by atoms with van der Waals surface area (Å²) < 4.78 is 52.6. The van der Waals surface area contributed by atoms with Gasteiger partial charge < -0.3 is 24.1 Å². The predicted molar refractivity (Wildman–Crippen MR) is 159 cm³/mol. The Balaban J connectivity index is 1.31. The van der Waals surface area contributed by atoms with E-state index in [1.54, 1.807) is 24.3 Å². The molecule has 3 N–H and O–H groups in total. The molecule has 1 saturated heterocycles. The van der Waals surface area contributed by atoms with Gasteiger partial charge in [-0.3, -0.25) is 14.7 Å². The summed E-state index contributed by atoms with van der Waals surface area (Å²) in [4.78, 5) is 2.28. The van der Waals surface area contributed by atoms with Crippen molar-refractivity contribution < 1.29 is 27.2 Å². The first kappa shape index (κ1) is 28.2. The molecule has 2 aliphatic rings. The van der Waals surface area contributed by atoms with Crippen LogP contribution in [0.4, 0.5) is 17.3 Å². The van der Waals surface area contributed by atoms with Gasteiger partial charge in [-0.25, -0.2) is 8.42 Å². The molecule has 13 heteroatoms. The number of sulfonamides is 1. The van der Waals surface area contributed by atoms with E-state index in [1.807, 2.05) is 6.07 Å². The first-order chi connectivity index (χ1) is 20.3. The standard InChI is InChI=1S/C29H36N6O6S/c1-5-35-11-7-6-8-22(35)18-12-25(39-3)28(26(13-18)40-4)42(36,37)34-29-19-14-24(38-2)21(15-23(19)41-33-29)30-27-16-20(31-32-27)17-9-10-17/h12-17,22H,5-11H2,1-4H3,(H,33,34)(H2,30,31,32). The maximum atomic E-state index is 13.8. The molecule has 42 heavy (non-hydrogen) atoms. The molecule has 0 amide bonds. The number of aromatic amines is 1. The van der Waals surface area contributed by atoms with Crippen molar-refractivity contribution in [2.45, 2.75) is 55.9 Å². The van der Waals surface area contributed by atoms with E-state index in [9.17, 15) is 8.42 Å². The van der Waals surface area contributed by atoms with Crippen LogP contribution in [-0.4, -0.2) is 63.1 Å². The number of rotatable bonds is 11. The summed E-state index contributed by atoms with van der Waals surface area (Å²) >= 11 is 0. The molecule has 12 nitrogen and oxygen atoms in total. The topological polar surface area (TPSA) is 144 Å². The van der Waals surface area contributed by atoms with Crippen molar-refractivity contribution in [3.8, 4) is 17.2 Å². The Morgan fingerprint density at radius 3 is 2.40 bits per heavy atom. The van der Waals surface area contributed by atoms with Crippen LogP contribution in [0.25, 0.3) is 11.0 Å². The quantitative estimate of drug-likeness (QED) is 0.202. The number of methoxy groups -OCH3 is 3. The highest BCUT2D eigenvalue weighted by Crippen LogP contribution is 2.43. The van der Waals surface area contributed by atoms with Gasteiger partial charge >= 0.3 is 0 Å². The number of ether oxygens (including phenoxy) is 3. The van der Waals surface area contributed by atoms with E-state index in [2.05, 4.69) is 37.2 Å². The fraction of sp³-hybridized carbons (Fsp3) is 0.448. The molecule has 2 fully saturated rings. The van der Waals surface area contributed by atoms with Gasteiger partial charge in [0.1, 0.15) is 17.2 Å². The highest BCUT2D eigenvalue weighted by Gasteiger charge is 2.31. The fourth-order valence-corrected chi connectivity index (χ4v) is 7.05. The van der Waals surface area contributed by atoms with Crippen molar-refractivity contribution in [2.75, 3.05) is 44.5 Å². The second kappa shape index (κ2) is 11.4. The van der Waals surface area contributed by atoms with Gasteiger partial charge in [0, 0.05) is 29.8 Å². The van der Waals surface area contributed by atoms with Crippen LogP contribution in [-0.2, 0) is 10.0 Å². The van der Waals surface area contributed by atoms with Crippen LogP contribution in [0.15, 0.2) is 39.8 Å². The number of nitrogens with zero attached hydrogens (tertiary/aromatic N) is 3. The van der Waals surface area contributed by atoms with Gasteiger partial charge in [0.25, 0.3) is 10.0 Å². The third kappa shape index (κ3) is 5.34. The molecule has 0 bridgehead atoms. The Morgan fingerprint density at radius 2 is 1.74 bits per heavy atom. The zero-order valence-corrected chi connectivity index (χ0v) is 25.0. The molecule has 0 spiro atoms. The highest BCUT2D eigenvalue weighted by molar-refractivity contribution is 7.93. The Morgan fingerprint density at radius 1 is 1.00 bits per heavy atom. The van der Waals surface area contributed by atoms with Gasteiger partial charge in [-0.2, -0.15) is 5.10 Å². The maximum absolute atomic E-state index is 13.8. The molecule has 1 atom stereocenters. The summed E-state index contributed by atoms with van der Waals surface area (Å²) in [5.74, 6) is 2.06. The van der Waals surface area contributed by atoms with Crippen LogP contribution in [0.2, 0.25) is 0 Å². The van der Waals surface area contributed by atoms with E-state index >= 15 is 0 Å². The summed E-state index contributed by atoms with van der Waals surface area (Å²) in [5.41, 5.74) is 3.02. The smallest absolute Gasteiger partial charge is 0.270 e. The lowest BCUT2D eigenvalue weighted by molar-refractivity contribution is 0.156.